The van der Waals surface area contributed by atoms with Gasteiger partial charge in [0.05, 0.1) is 12.1 Å². The molecule has 0 aliphatic heterocycles. The standard InChI is InChI=1S/C16H18N2O4/c1-9(2)15-14(10(3)18-22-15)16(21)17-12-6-4-5-11(7-12)8-13(19)20/h4-7,9H,8H2,1-3H3,(H,17,21)(H,19,20). The van der Waals surface area contributed by atoms with E-state index >= 15 is 0 Å². The molecule has 0 radical (unpaired) electrons. The maximum Gasteiger partial charge on any atom is 0.307 e. The van der Waals surface area contributed by atoms with E-state index in [-0.39, 0.29) is 18.2 Å². The average molecular weight is 302 g/mol. The summed E-state index contributed by atoms with van der Waals surface area (Å²) in [5.74, 6) is -0.646. The molecule has 116 valence electrons. The van der Waals surface area contributed by atoms with Crippen molar-refractivity contribution in [1.29, 1.82) is 0 Å². The number of anilines is 1. The lowest BCUT2D eigenvalue weighted by atomic mass is 10.0. The van der Waals surface area contributed by atoms with E-state index in [1.165, 1.54) is 0 Å². The third kappa shape index (κ3) is 3.52. The Bertz CT molecular complexity index is 704. The van der Waals surface area contributed by atoms with Crippen LogP contribution in [0.1, 0.15) is 47.1 Å². The van der Waals surface area contributed by atoms with Gasteiger partial charge in [-0.3, -0.25) is 9.59 Å². The number of amides is 1. The molecule has 2 N–H and O–H groups in total. The van der Waals surface area contributed by atoms with Crippen LogP contribution in [0.25, 0.3) is 0 Å². The molecule has 0 aliphatic carbocycles. The molecule has 0 bridgehead atoms. The summed E-state index contributed by atoms with van der Waals surface area (Å²) in [6.45, 7) is 5.56. The molecule has 1 aromatic heterocycles. The van der Waals surface area contributed by atoms with E-state index in [2.05, 4.69) is 10.5 Å². The number of hydrogen-bond acceptors (Lipinski definition) is 4. The molecule has 2 rings (SSSR count). The molecule has 0 atom stereocenters. The summed E-state index contributed by atoms with van der Waals surface area (Å²) in [6.07, 6.45) is -0.0900. The molecular weight excluding hydrogens is 284 g/mol. The highest BCUT2D eigenvalue weighted by Gasteiger charge is 2.22. The van der Waals surface area contributed by atoms with Crippen LogP contribution in [0, 0.1) is 6.92 Å². The molecule has 0 saturated carbocycles. The van der Waals surface area contributed by atoms with Gasteiger partial charge in [0, 0.05) is 11.6 Å². The molecule has 2 aromatic rings. The van der Waals surface area contributed by atoms with Crippen molar-refractivity contribution in [3.63, 3.8) is 0 Å². The Morgan fingerprint density at radius 1 is 1.36 bits per heavy atom. The maximum atomic E-state index is 12.4. The van der Waals surface area contributed by atoms with Crippen molar-refractivity contribution >= 4 is 17.6 Å². The van der Waals surface area contributed by atoms with Crippen molar-refractivity contribution in [1.82, 2.24) is 5.16 Å². The number of aryl methyl sites for hydroxylation is 1. The molecular formula is C16H18N2O4. The first-order valence-corrected chi connectivity index (χ1v) is 6.96. The summed E-state index contributed by atoms with van der Waals surface area (Å²) in [5, 5.41) is 15.4. The van der Waals surface area contributed by atoms with Crippen molar-refractivity contribution in [2.75, 3.05) is 5.32 Å². The van der Waals surface area contributed by atoms with E-state index in [9.17, 15) is 9.59 Å². The van der Waals surface area contributed by atoms with Gasteiger partial charge in [-0.2, -0.15) is 0 Å². The monoisotopic (exact) mass is 302 g/mol. The predicted octanol–water partition coefficient (Wildman–Crippen LogP) is 2.99. The number of hydrogen-bond donors (Lipinski definition) is 2. The van der Waals surface area contributed by atoms with Crippen LogP contribution in [0.15, 0.2) is 28.8 Å². The Morgan fingerprint density at radius 3 is 2.73 bits per heavy atom. The number of rotatable bonds is 5. The number of carboxylic acids is 1. The van der Waals surface area contributed by atoms with E-state index in [1.807, 2.05) is 13.8 Å². The van der Waals surface area contributed by atoms with Gasteiger partial charge in [0.2, 0.25) is 0 Å². The van der Waals surface area contributed by atoms with Crippen LogP contribution in [0.2, 0.25) is 0 Å². The van der Waals surface area contributed by atoms with Crippen LogP contribution in [-0.4, -0.2) is 22.1 Å². The number of aromatic nitrogens is 1. The largest absolute Gasteiger partial charge is 0.481 e. The Balaban J connectivity index is 2.22. The van der Waals surface area contributed by atoms with E-state index in [1.54, 1.807) is 31.2 Å². The fraction of sp³-hybridized carbons (Fsp3) is 0.312. The third-order valence-electron chi connectivity index (χ3n) is 3.18. The number of carbonyl (C=O) groups is 2. The Morgan fingerprint density at radius 2 is 2.09 bits per heavy atom. The molecule has 1 amide bonds. The van der Waals surface area contributed by atoms with Gasteiger partial charge in [-0.25, -0.2) is 0 Å². The molecule has 1 heterocycles. The van der Waals surface area contributed by atoms with Crippen LogP contribution in [0.4, 0.5) is 5.69 Å². The number of benzene rings is 1. The van der Waals surface area contributed by atoms with E-state index in [0.29, 0.717) is 28.3 Å². The zero-order valence-corrected chi connectivity index (χ0v) is 12.7. The van der Waals surface area contributed by atoms with Crippen LogP contribution in [-0.2, 0) is 11.2 Å². The van der Waals surface area contributed by atoms with Gasteiger partial charge < -0.3 is 14.9 Å². The lowest BCUT2D eigenvalue weighted by Gasteiger charge is -2.08. The van der Waals surface area contributed by atoms with Crippen LogP contribution < -0.4 is 5.32 Å². The fourth-order valence-corrected chi connectivity index (χ4v) is 2.18. The summed E-state index contributed by atoms with van der Waals surface area (Å²) < 4.78 is 5.20. The molecule has 1 aromatic carbocycles. The first-order valence-electron chi connectivity index (χ1n) is 6.96. The Labute approximate surface area is 128 Å². The minimum atomic E-state index is -0.916. The van der Waals surface area contributed by atoms with Crippen molar-refractivity contribution in [3.8, 4) is 0 Å². The highest BCUT2D eigenvalue weighted by atomic mass is 16.5. The van der Waals surface area contributed by atoms with Gasteiger partial charge in [0.15, 0.2) is 5.76 Å². The van der Waals surface area contributed by atoms with Gasteiger partial charge >= 0.3 is 5.97 Å². The zero-order chi connectivity index (χ0) is 16.3. The van der Waals surface area contributed by atoms with Crippen molar-refractivity contribution < 1.29 is 19.2 Å². The smallest absolute Gasteiger partial charge is 0.307 e. The van der Waals surface area contributed by atoms with E-state index < -0.39 is 5.97 Å². The topological polar surface area (TPSA) is 92.4 Å². The number of nitrogens with zero attached hydrogens (tertiary/aromatic N) is 1. The van der Waals surface area contributed by atoms with Crippen LogP contribution >= 0.6 is 0 Å². The maximum absolute atomic E-state index is 12.4. The minimum absolute atomic E-state index is 0.0419. The second-order valence-corrected chi connectivity index (χ2v) is 5.39. The molecule has 22 heavy (non-hydrogen) atoms. The van der Waals surface area contributed by atoms with E-state index in [0.717, 1.165) is 0 Å². The Hall–Kier alpha value is -2.63. The molecule has 0 spiro atoms. The molecule has 0 saturated heterocycles. The number of aliphatic carboxylic acids is 1. The summed E-state index contributed by atoms with van der Waals surface area (Å²) in [6, 6.07) is 6.76. The molecule has 6 heteroatoms. The number of carbonyl (C=O) groups excluding carboxylic acids is 1. The van der Waals surface area contributed by atoms with Gasteiger partial charge in [-0.15, -0.1) is 0 Å². The first kappa shape index (κ1) is 15.8. The van der Waals surface area contributed by atoms with Crippen molar-refractivity contribution in [2.24, 2.45) is 0 Å². The molecule has 0 fully saturated rings. The summed E-state index contributed by atoms with van der Waals surface area (Å²) in [5.41, 5.74) is 2.12. The quantitative estimate of drug-likeness (QED) is 0.885. The van der Waals surface area contributed by atoms with Gasteiger partial charge in [0.1, 0.15) is 5.56 Å². The van der Waals surface area contributed by atoms with Gasteiger partial charge in [-0.05, 0) is 24.6 Å². The van der Waals surface area contributed by atoms with Crippen molar-refractivity contribution in [3.05, 3.63) is 46.8 Å². The van der Waals surface area contributed by atoms with Crippen LogP contribution in [0.5, 0.6) is 0 Å². The Kier molecular flexibility index (Phi) is 4.60. The summed E-state index contributed by atoms with van der Waals surface area (Å²) in [7, 11) is 0. The highest BCUT2D eigenvalue weighted by Crippen LogP contribution is 2.23. The average Bonchev–Trinajstić information content (AvgIpc) is 2.80. The second-order valence-electron chi connectivity index (χ2n) is 5.39. The fourth-order valence-electron chi connectivity index (χ4n) is 2.18. The third-order valence-corrected chi connectivity index (χ3v) is 3.18. The number of carboxylic acid groups (broad SMARTS) is 1. The molecule has 0 unspecified atom stereocenters. The summed E-state index contributed by atoms with van der Waals surface area (Å²) in [4.78, 5) is 23.2. The minimum Gasteiger partial charge on any atom is -0.481 e. The molecule has 6 nitrogen and oxygen atoms in total. The highest BCUT2D eigenvalue weighted by molar-refractivity contribution is 6.05. The van der Waals surface area contributed by atoms with E-state index in [4.69, 9.17) is 9.63 Å². The van der Waals surface area contributed by atoms with Crippen LogP contribution in [0.3, 0.4) is 0 Å². The zero-order valence-electron chi connectivity index (χ0n) is 12.7. The van der Waals surface area contributed by atoms with Gasteiger partial charge in [-0.1, -0.05) is 31.1 Å². The van der Waals surface area contributed by atoms with Gasteiger partial charge in [0.25, 0.3) is 5.91 Å². The predicted molar refractivity (Wildman–Crippen MR) is 81.1 cm³/mol. The number of nitrogens with one attached hydrogen (secondary N) is 1. The normalized spacial score (nSPS) is 10.7. The lowest BCUT2D eigenvalue weighted by Crippen LogP contribution is -2.15. The first-order chi connectivity index (χ1) is 10.4. The molecule has 0 aliphatic rings. The SMILES string of the molecule is Cc1noc(C(C)C)c1C(=O)Nc1cccc(CC(=O)O)c1. The van der Waals surface area contributed by atoms with Crippen molar-refractivity contribution in [2.45, 2.75) is 33.1 Å². The summed E-state index contributed by atoms with van der Waals surface area (Å²) >= 11 is 0. The lowest BCUT2D eigenvalue weighted by molar-refractivity contribution is -0.136. The second kappa shape index (κ2) is 6.43.